The van der Waals surface area contributed by atoms with E-state index in [0.29, 0.717) is 11.6 Å². The highest BCUT2D eigenvalue weighted by Gasteiger charge is 2.33. The third-order valence-electron chi connectivity index (χ3n) is 6.01. The van der Waals surface area contributed by atoms with Gasteiger partial charge in [0, 0.05) is 6.54 Å². The fourth-order valence-corrected chi connectivity index (χ4v) is 4.56. The molecule has 2 aromatic rings. The third kappa shape index (κ3) is 4.60. The molecule has 1 saturated heterocycles. The molecule has 0 bridgehead atoms. The van der Waals surface area contributed by atoms with E-state index in [4.69, 9.17) is 0 Å². The predicted molar refractivity (Wildman–Crippen MR) is 101 cm³/mol. The number of rotatable bonds is 4. The highest BCUT2D eigenvalue weighted by molar-refractivity contribution is 5.94. The van der Waals surface area contributed by atoms with Crippen LogP contribution in [0, 0.1) is 11.8 Å². The number of alkyl halides is 3. The Balaban J connectivity index is 1.48. The van der Waals surface area contributed by atoms with Crippen molar-refractivity contribution in [1.29, 1.82) is 0 Å². The molecule has 0 spiro atoms. The predicted octanol–water partition coefficient (Wildman–Crippen LogP) is 3.74. The normalized spacial score (nSPS) is 22.9. The number of nitrogens with zero attached hydrogens (tertiary/aromatic N) is 4. The summed E-state index contributed by atoms with van der Waals surface area (Å²) < 4.78 is 40.8. The molecule has 2 aliphatic rings. The molecular formula is C20H24F3N5O. The molecule has 29 heavy (non-hydrogen) atoms. The van der Waals surface area contributed by atoms with Gasteiger partial charge in [-0.15, -0.1) is 0 Å². The van der Waals surface area contributed by atoms with Gasteiger partial charge in [-0.2, -0.15) is 18.3 Å². The molecule has 2 fully saturated rings. The molecule has 1 aliphatic heterocycles. The van der Waals surface area contributed by atoms with Crippen LogP contribution in [0.3, 0.4) is 0 Å². The number of hydrogen-bond acceptors (Lipinski definition) is 4. The Morgan fingerprint density at radius 3 is 2.69 bits per heavy atom. The number of fused-ring (bicyclic) bond motifs is 1. The molecule has 1 aromatic heterocycles. The number of carbonyl (C=O) groups excluding carboxylic acids is 1. The van der Waals surface area contributed by atoms with Gasteiger partial charge in [0.25, 0.3) is 0 Å². The fourth-order valence-electron chi connectivity index (χ4n) is 4.56. The average molecular weight is 407 g/mol. The summed E-state index contributed by atoms with van der Waals surface area (Å²) in [4.78, 5) is 18.6. The summed E-state index contributed by atoms with van der Waals surface area (Å²) in [5, 5.41) is 6.63. The van der Waals surface area contributed by atoms with Crippen molar-refractivity contribution >= 4 is 11.6 Å². The van der Waals surface area contributed by atoms with Crippen molar-refractivity contribution in [1.82, 2.24) is 19.7 Å². The van der Waals surface area contributed by atoms with Crippen LogP contribution in [-0.4, -0.2) is 45.2 Å². The zero-order valence-electron chi connectivity index (χ0n) is 16.0. The molecular weight excluding hydrogens is 383 g/mol. The summed E-state index contributed by atoms with van der Waals surface area (Å²) >= 11 is 0. The summed E-state index contributed by atoms with van der Waals surface area (Å²) in [5.74, 6) is 1.06. The van der Waals surface area contributed by atoms with E-state index in [2.05, 4.69) is 20.3 Å². The number of likely N-dealkylation sites (tertiary alicyclic amines) is 1. The second-order valence-corrected chi connectivity index (χ2v) is 7.95. The minimum Gasteiger partial charge on any atom is -0.323 e. The van der Waals surface area contributed by atoms with Crippen LogP contribution in [0.4, 0.5) is 18.9 Å². The first-order valence-electron chi connectivity index (χ1n) is 9.98. The molecule has 1 aromatic carbocycles. The summed E-state index contributed by atoms with van der Waals surface area (Å²) in [6.07, 6.45) is 4.27. The van der Waals surface area contributed by atoms with Gasteiger partial charge in [0.15, 0.2) is 0 Å². The van der Waals surface area contributed by atoms with Gasteiger partial charge in [-0.3, -0.25) is 9.69 Å². The maximum Gasteiger partial charge on any atom is 0.416 e. The van der Waals surface area contributed by atoms with E-state index in [9.17, 15) is 18.0 Å². The van der Waals surface area contributed by atoms with Crippen LogP contribution in [0.1, 0.15) is 37.7 Å². The molecule has 0 unspecified atom stereocenters. The number of nitrogens with one attached hydrogen (secondary N) is 1. The number of amides is 1. The van der Waals surface area contributed by atoms with Crippen molar-refractivity contribution < 1.29 is 18.0 Å². The lowest BCUT2D eigenvalue weighted by Crippen LogP contribution is -2.44. The summed E-state index contributed by atoms with van der Waals surface area (Å²) in [6, 6.07) is 3.21. The van der Waals surface area contributed by atoms with Crippen molar-refractivity contribution in [3.05, 3.63) is 36.4 Å². The number of hydrogen-bond donors (Lipinski definition) is 1. The SMILES string of the molecule is O=C(CN1CC[C@H]2CCCC[C@@H]2C1)Nc1cc(C(F)(F)F)ccc1-n1cncn1. The van der Waals surface area contributed by atoms with Crippen molar-refractivity contribution in [2.45, 2.75) is 38.3 Å². The van der Waals surface area contributed by atoms with E-state index in [1.807, 2.05) is 0 Å². The first-order valence-corrected chi connectivity index (χ1v) is 9.98. The Morgan fingerprint density at radius 2 is 1.97 bits per heavy atom. The maximum absolute atomic E-state index is 13.2. The number of piperidine rings is 1. The lowest BCUT2D eigenvalue weighted by molar-refractivity contribution is -0.137. The smallest absolute Gasteiger partial charge is 0.323 e. The molecule has 0 radical (unpaired) electrons. The lowest BCUT2D eigenvalue weighted by atomic mass is 9.75. The number of carbonyl (C=O) groups is 1. The molecule has 6 nitrogen and oxygen atoms in total. The Hall–Kier alpha value is -2.42. The van der Waals surface area contributed by atoms with Crippen LogP contribution in [-0.2, 0) is 11.0 Å². The molecule has 2 atom stereocenters. The van der Waals surface area contributed by atoms with Gasteiger partial charge in [0.2, 0.25) is 5.91 Å². The largest absolute Gasteiger partial charge is 0.416 e. The van der Waals surface area contributed by atoms with E-state index < -0.39 is 11.7 Å². The quantitative estimate of drug-likeness (QED) is 0.839. The highest BCUT2D eigenvalue weighted by Crippen LogP contribution is 2.36. The summed E-state index contributed by atoms with van der Waals surface area (Å²) in [7, 11) is 0. The molecule has 1 amide bonds. The second kappa shape index (κ2) is 8.14. The van der Waals surface area contributed by atoms with Crippen molar-refractivity contribution in [3.8, 4) is 5.69 Å². The van der Waals surface area contributed by atoms with Crippen LogP contribution in [0.5, 0.6) is 0 Å². The molecule has 2 heterocycles. The summed E-state index contributed by atoms with van der Waals surface area (Å²) in [6.45, 7) is 1.92. The van der Waals surface area contributed by atoms with Gasteiger partial charge in [-0.1, -0.05) is 19.3 Å². The van der Waals surface area contributed by atoms with Crippen molar-refractivity contribution in [3.63, 3.8) is 0 Å². The number of anilines is 1. The molecule has 1 saturated carbocycles. The Kier molecular flexibility index (Phi) is 5.58. The van der Waals surface area contributed by atoms with Gasteiger partial charge in [0.05, 0.1) is 23.5 Å². The maximum atomic E-state index is 13.2. The van der Waals surface area contributed by atoms with Crippen LogP contribution in [0.15, 0.2) is 30.9 Å². The monoisotopic (exact) mass is 407 g/mol. The van der Waals surface area contributed by atoms with Crippen LogP contribution in [0.25, 0.3) is 5.69 Å². The molecule has 9 heteroatoms. The standard InChI is InChI=1S/C20H24F3N5O/c21-20(22,23)16-5-6-18(28-13-24-12-25-28)17(9-16)26-19(29)11-27-8-7-14-3-1-2-4-15(14)10-27/h5-6,9,12-15H,1-4,7-8,10-11H2,(H,26,29)/t14-,15-/m1/s1. The number of aromatic nitrogens is 3. The van der Waals surface area contributed by atoms with Crippen molar-refractivity contribution in [2.24, 2.45) is 11.8 Å². The Morgan fingerprint density at radius 1 is 1.17 bits per heavy atom. The first-order chi connectivity index (χ1) is 13.9. The zero-order chi connectivity index (χ0) is 20.4. The fraction of sp³-hybridized carbons (Fsp3) is 0.550. The molecule has 1 N–H and O–H groups in total. The Bertz CT molecular complexity index is 852. The Labute approximate surface area is 167 Å². The van der Waals surface area contributed by atoms with Gasteiger partial charge >= 0.3 is 6.18 Å². The first kappa shape index (κ1) is 19.9. The summed E-state index contributed by atoms with van der Waals surface area (Å²) in [5.41, 5.74) is -0.405. The minimum absolute atomic E-state index is 0.0721. The minimum atomic E-state index is -4.50. The molecule has 156 valence electrons. The van der Waals surface area contributed by atoms with E-state index in [1.54, 1.807) is 0 Å². The van der Waals surface area contributed by atoms with Crippen LogP contribution in [0.2, 0.25) is 0 Å². The van der Waals surface area contributed by atoms with Gasteiger partial charge < -0.3 is 5.32 Å². The van der Waals surface area contributed by atoms with Gasteiger partial charge in [0.1, 0.15) is 12.7 Å². The van der Waals surface area contributed by atoms with Gasteiger partial charge in [-0.05, 0) is 49.4 Å². The lowest BCUT2D eigenvalue weighted by Gasteiger charge is -2.41. The van der Waals surface area contributed by atoms with E-state index in [0.717, 1.165) is 37.6 Å². The van der Waals surface area contributed by atoms with E-state index in [1.165, 1.54) is 49.1 Å². The van der Waals surface area contributed by atoms with E-state index in [-0.39, 0.29) is 18.1 Å². The molecule has 1 aliphatic carbocycles. The van der Waals surface area contributed by atoms with Crippen LogP contribution < -0.4 is 5.32 Å². The average Bonchev–Trinajstić information content (AvgIpc) is 3.21. The van der Waals surface area contributed by atoms with E-state index >= 15 is 0 Å². The van der Waals surface area contributed by atoms with Crippen LogP contribution >= 0.6 is 0 Å². The number of benzene rings is 1. The van der Waals surface area contributed by atoms with Crippen molar-refractivity contribution in [2.75, 3.05) is 25.0 Å². The van der Waals surface area contributed by atoms with Gasteiger partial charge in [-0.25, -0.2) is 9.67 Å². The zero-order valence-corrected chi connectivity index (χ0v) is 16.0. The topological polar surface area (TPSA) is 63.1 Å². The second-order valence-electron chi connectivity index (χ2n) is 7.95. The number of halogens is 3. The third-order valence-corrected chi connectivity index (χ3v) is 6.01. The molecule has 4 rings (SSSR count). The highest BCUT2D eigenvalue weighted by atomic mass is 19.4.